The number of benzene rings is 7. The number of rotatable bonds is 5. The van der Waals surface area contributed by atoms with Gasteiger partial charge in [0.15, 0.2) is 17.5 Å². The molecule has 0 aliphatic heterocycles. The summed E-state index contributed by atoms with van der Waals surface area (Å²) in [6, 6.07) is 54.1. The van der Waals surface area contributed by atoms with E-state index in [2.05, 4.69) is 97.1 Å². The Balaban J connectivity index is 1.07. The molecule has 0 unspecified atom stereocenters. The van der Waals surface area contributed by atoms with Crippen LogP contribution in [0.5, 0.6) is 0 Å². The number of fused-ring (bicyclic) bond motifs is 6. The van der Waals surface area contributed by atoms with Crippen LogP contribution in [0, 0.1) is 0 Å². The summed E-state index contributed by atoms with van der Waals surface area (Å²) in [6.45, 7) is 0. The van der Waals surface area contributed by atoms with Crippen LogP contribution in [0.1, 0.15) is 0 Å². The van der Waals surface area contributed by atoms with Gasteiger partial charge >= 0.3 is 0 Å². The number of hydrogen-bond donors (Lipinski definition) is 0. The zero-order chi connectivity index (χ0) is 33.0. The second kappa shape index (κ2) is 11.6. The van der Waals surface area contributed by atoms with Crippen molar-refractivity contribution in [3.05, 3.63) is 158 Å². The van der Waals surface area contributed by atoms with Crippen LogP contribution >= 0.6 is 11.3 Å². The van der Waals surface area contributed by atoms with Crippen LogP contribution in [0.2, 0.25) is 0 Å². The molecule has 10 rings (SSSR count). The maximum Gasteiger partial charge on any atom is 0.164 e. The zero-order valence-electron chi connectivity index (χ0n) is 26.6. The van der Waals surface area contributed by atoms with Crippen molar-refractivity contribution in [3.8, 4) is 55.9 Å². The van der Waals surface area contributed by atoms with Crippen molar-refractivity contribution in [2.75, 3.05) is 0 Å². The first-order chi connectivity index (χ1) is 24.7. The van der Waals surface area contributed by atoms with E-state index >= 15 is 0 Å². The van der Waals surface area contributed by atoms with Crippen LogP contribution in [-0.2, 0) is 0 Å². The van der Waals surface area contributed by atoms with Gasteiger partial charge in [-0.3, -0.25) is 0 Å². The first kappa shape index (κ1) is 28.5. The number of furan rings is 1. The Bertz CT molecular complexity index is 2860. The Morgan fingerprint density at radius 1 is 0.400 bits per heavy atom. The molecule has 0 atom stereocenters. The minimum Gasteiger partial charge on any atom is -0.456 e. The van der Waals surface area contributed by atoms with E-state index < -0.39 is 0 Å². The molecule has 0 saturated carbocycles. The van der Waals surface area contributed by atoms with Crippen molar-refractivity contribution in [3.63, 3.8) is 0 Å². The van der Waals surface area contributed by atoms with Gasteiger partial charge in [-0.15, -0.1) is 11.3 Å². The highest BCUT2D eigenvalue weighted by Crippen LogP contribution is 2.40. The molecular formula is C44H26N4OS. The molecular weight excluding hydrogens is 633 g/mol. The summed E-state index contributed by atoms with van der Waals surface area (Å²) in [5, 5.41) is 5.32. The highest BCUT2D eigenvalue weighted by molar-refractivity contribution is 7.21. The quantitative estimate of drug-likeness (QED) is 0.184. The van der Waals surface area contributed by atoms with Crippen molar-refractivity contribution in [2.24, 2.45) is 0 Å². The van der Waals surface area contributed by atoms with E-state index in [0.717, 1.165) is 64.8 Å². The molecule has 50 heavy (non-hydrogen) atoms. The van der Waals surface area contributed by atoms with Crippen LogP contribution in [0.4, 0.5) is 0 Å². The molecule has 0 amide bonds. The second-order valence-corrected chi connectivity index (χ2v) is 13.3. The first-order valence-electron chi connectivity index (χ1n) is 16.5. The van der Waals surface area contributed by atoms with Gasteiger partial charge in [0.25, 0.3) is 0 Å². The summed E-state index contributed by atoms with van der Waals surface area (Å²) >= 11 is 1.70. The van der Waals surface area contributed by atoms with Crippen LogP contribution < -0.4 is 0 Å². The Hall–Kier alpha value is -6.50. The standard InChI is InChI=1S/C44H26N4OS/c1-3-9-27(10-4-1)29-15-18-31(19-16-29)44-45-40-38(50-44)24-23-36-39(40)35-22-21-34(26-37(35)49-36)43-47-41(30-12-5-2-6-13-30)46-42(48-43)33-20-17-28-11-7-8-14-32(28)25-33/h1-26H. The highest BCUT2D eigenvalue weighted by Gasteiger charge is 2.18. The minimum atomic E-state index is 0.587. The average Bonchev–Trinajstić information content (AvgIpc) is 3.80. The van der Waals surface area contributed by atoms with Gasteiger partial charge in [0, 0.05) is 27.6 Å². The maximum absolute atomic E-state index is 6.47. The molecule has 10 aromatic rings. The predicted molar refractivity (Wildman–Crippen MR) is 205 cm³/mol. The maximum atomic E-state index is 6.47. The van der Waals surface area contributed by atoms with Gasteiger partial charge < -0.3 is 4.42 Å². The molecule has 0 saturated heterocycles. The average molecular weight is 659 g/mol. The highest BCUT2D eigenvalue weighted by atomic mass is 32.1. The van der Waals surface area contributed by atoms with Gasteiger partial charge in [0.2, 0.25) is 0 Å². The van der Waals surface area contributed by atoms with E-state index in [1.54, 1.807) is 11.3 Å². The molecule has 0 aliphatic carbocycles. The molecule has 6 heteroatoms. The second-order valence-electron chi connectivity index (χ2n) is 12.3. The van der Waals surface area contributed by atoms with Gasteiger partial charge in [0.05, 0.1) is 15.6 Å². The Labute approximate surface area is 291 Å². The Kier molecular flexibility index (Phi) is 6.60. The lowest BCUT2D eigenvalue weighted by molar-refractivity contribution is 0.669. The third kappa shape index (κ3) is 4.93. The third-order valence-corrected chi connectivity index (χ3v) is 10.2. The summed E-state index contributed by atoms with van der Waals surface area (Å²) < 4.78 is 7.60. The third-order valence-electron chi connectivity index (χ3n) is 9.17. The molecule has 0 bridgehead atoms. The van der Waals surface area contributed by atoms with Crippen LogP contribution in [0.3, 0.4) is 0 Å². The van der Waals surface area contributed by atoms with E-state index in [0.29, 0.717) is 17.5 Å². The fraction of sp³-hybridized carbons (Fsp3) is 0. The fourth-order valence-corrected chi connectivity index (χ4v) is 7.61. The zero-order valence-corrected chi connectivity index (χ0v) is 27.4. The number of thiazole rings is 1. The molecule has 5 nitrogen and oxygen atoms in total. The van der Waals surface area contributed by atoms with E-state index in [9.17, 15) is 0 Å². The summed E-state index contributed by atoms with van der Waals surface area (Å²) in [5.41, 5.74) is 8.73. The van der Waals surface area contributed by atoms with Crippen molar-refractivity contribution in [1.29, 1.82) is 0 Å². The largest absolute Gasteiger partial charge is 0.456 e. The van der Waals surface area contributed by atoms with Crippen LogP contribution in [0.25, 0.3) is 98.8 Å². The summed E-state index contributed by atoms with van der Waals surface area (Å²) in [4.78, 5) is 20.1. The van der Waals surface area contributed by atoms with Crippen LogP contribution in [0.15, 0.2) is 162 Å². The van der Waals surface area contributed by atoms with Gasteiger partial charge in [-0.25, -0.2) is 19.9 Å². The summed E-state index contributed by atoms with van der Waals surface area (Å²) in [6.07, 6.45) is 0. The molecule has 3 aromatic heterocycles. The first-order valence-corrected chi connectivity index (χ1v) is 17.3. The lowest BCUT2D eigenvalue weighted by Gasteiger charge is -2.09. The number of nitrogens with zero attached hydrogens (tertiary/aromatic N) is 4. The van der Waals surface area contributed by atoms with E-state index in [1.165, 1.54) is 16.5 Å². The fourth-order valence-electron chi connectivity index (χ4n) is 6.63. The number of hydrogen-bond acceptors (Lipinski definition) is 6. The number of aromatic nitrogens is 4. The smallest absolute Gasteiger partial charge is 0.164 e. The SMILES string of the molecule is c1ccc(-c2ccc(-c3nc4c(ccc5oc6cc(-c7nc(-c8ccccc8)nc(-c8ccc9ccccc9c8)n7)ccc6c54)s3)cc2)cc1. The van der Waals surface area contributed by atoms with E-state index in [4.69, 9.17) is 24.4 Å². The van der Waals surface area contributed by atoms with E-state index in [1.807, 2.05) is 60.7 Å². The lowest BCUT2D eigenvalue weighted by atomic mass is 10.0. The van der Waals surface area contributed by atoms with E-state index in [-0.39, 0.29) is 0 Å². The summed E-state index contributed by atoms with van der Waals surface area (Å²) in [7, 11) is 0. The van der Waals surface area contributed by atoms with Crippen molar-refractivity contribution >= 4 is 54.3 Å². The molecule has 3 heterocycles. The molecule has 0 radical (unpaired) electrons. The molecule has 0 N–H and O–H groups in total. The molecule has 0 spiro atoms. The van der Waals surface area contributed by atoms with Gasteiger partial charge in [-0.05, 0) is 52.2 Å². The van der Waals surface area contributed by atoms with Crippen LogP contribution in [-0.4, -0.2) is 19.9 Å². The van der Waals surface area contributed by atoms with Gasteiger partial charge in [-0.2, -0.15) is 0 Å². The Morgan fingerprint density at radius 3 is 1.74 bits per heavy atom. The lowest BCUT2D eigenvalue weighted by Crippen LogP contribution is -2.00. The molecule has 7 aromatic carbocycles. The minimum absolute atomic E-state index is 0.587. The predicted octanol–water partition coefficient (Wildman–Crippen LogP) is 11.9. The van der Waals surface area contributed by atoms with Gasteiger partial charge in [0.1, 0.15) is 16.2 Å². The molecule has 0 aliphatic rings. The Morgan fingerprint density at radius 2 is 0.980 bits per heavy atom. The van der Waals surface area contributed by atoms with Crippen molar-refractivity contribution < 1.29 is 4.42 Å². The topological polar surface area (TPSA) is 64.7 Å². The van der Waals surface area contributed by atoms with Crippen molar-refractivity contribution in [1.82, 2.24) is 19.9 Å². The normalized spacial score (nSPS) is 11.6. The van der Waals surface area contributed by atoms with Gasteiger partial charge in [-0.1, -0.05) is 127 Å². The summed E-state index contributed by atoms with van der Waals surface area (Å²) in [5.74, 6) is 1.83. The molecule has 0 fully saturated rings. The molecule has 234 valence electrons. The van der Waals surface area contributed by atoms with Crippen molar-refractivity contribution in [2.45, 2.75) is 0 Å². The monoisotopic (exact) mass is 658 g/mol.